The normalized spacial score (nSPS) is 10.2. The summed E-state index contributed by atoms with van der Waals surface area (Å²) in [7, 11) is 0. The second kappa shape index (κ2) is 14.4. The van der Waals surface area contributed by atoms with E-state index < -0.39 is 0 Å². The summed E-state index contributed by atoms with van der Waals surface area (Å²) in [5, 5.41) is 0. The zero-order chi connectivity index (χ0) is 30.7. The van der Waals surface area contributed by atoms with Crippen LogP contribution in [0.3, 0.4) is 0 Å². The average molecular weight is 565 g/mol. The summed E-state index contributed by atoms with van der Waals surface area (Å²) in [4.78, 5) is 0. The van der Waals surface area contributed by atoms with Crippen LogP contribution in [-0.4, -0.2) is 0 Å². The van der Waals surface area contributed by atoms with Crippen LogP contribution in [0.2, 0.25) is 0 Å². The van der Waals surface area contributed by atoms with Gasteiger partial charge in [-0.3, -0.25) is 0 Å². The second-order valence-electron chi connectivity index (χ2n) is 10.5. The Labute approximate surface area is 262 Å². The molecule has 0 aliphatic carbocycles. The average Bonchev–Trinajstić information content (AvgIpc) is 3.12. The minimum atomic E-state index is 1.14. The fourth-order valence-electron chi connectivity index (χ4n) is 5.01. The quantitative estimate of drug-likeness (QED) is 0.172. The molecule has 6 aromatic carbocycles. The van der Waals surface area contributed by atoms with E-state index in [0.717, 1.165) is 22.3 Å². The van der Waals surface area contributed by atoms with Gasteiger partial charge in [0.15, 0.2) is 0 Å². The van der Waals surface area contributed by atoms with Crippen molar-refractivity contribution in [3.05, 3.63) is 194 Å². The lowest BCUT2D eigenvalue weighted by Crippen LogP contribution is -1.82. The highest BCUT2D eigenvalue weighted by Crippen LogP contribution is 2.28. The van der Waals surface area contributed by atoms with Crippen LogP contribution in [0.1, 0.15) is 22.3 Å². The molecule has 0 heterocycles. The molecule has 0 aliphatic rings. The van der Waals surface area contributed by atoms with Crippen molar-refractivity contribution in [1.82, 2.24) is 0 Å². The first-order valence-electron chi connectivity index (χ1n) is 14.7. The van der Waals surface area contributed by atoms with Crippen molar-refractivity contribution >= 4 is 24.3 Å². The summed E-state index contributed by atoms with van der Waals surface area (Å²) in [5.74, 6) is 0. The molecule has 0 unspecified atom stereocenters. The SMILES string of the molecule is C=Cc1ccc(-c2ccc(-c3cccc(C=C)c3)cc2)cc1.C=Cc1ccc(-c2cccc(-c3ccc(C=C)cc3)c2)cc1. The molecule has 0 amide bonds. The van der Waals surface area contributed by atoms with Gasteiger partial charge >= 0.3 is 0 Å². The van der Waals surface area contributed by atoms with E-state index in [1.165, 1.54) is 44.5 Å². The zero-order valence-electron chi connectivity index (χ0n) is 25.0. The highest BCUT2D eigenvalue weighted by atomic mass is 14.1. The molecular weight excluding hydrogens is 528 g/mol. The maximum atomic E-state index is 3.83. The first-order valence-corrected chi connectivity index (χ1v) is 14.7. The van der Waals surface area contributed by atoms with Gasteiger partial charge in [0, 0.05) is 0 Å². The first kappa shape index (κ1) is 29.8. The smallest absolute Gasteiger partial charge is 0.0178 e. The van der Waals surface area contributed by atoms with Crippen LogP contribution in [0.5, 0.6) is 0 Å². The molecule has 0 saturated heterocycles. The van der Waals surface area contributed by atoms with Crippen LogP contribution in [0, 0.1) is 0 Å². The van der Waals surface area contributed by atoms with Gasteiger partial charge in [-0.1, -0.05) is 184 Å². The number of hydrogen-bond acceptors (Lipinski definition) is 0. The predicted molar refractivity (Wildman–Crippen MR) is 195 cm³/mol. The van der Waals surface area contributed by atoms with Crippen molar-refractivity contribution in [2.45, 2.75) is 0 Å². The van der Waals surface area contributed by atoms with Crippen molar-refractivity contribution in [2.24, 2.45) is 0 Å². The highest BCUT2D eigenvalue weighted by Gasteiger charge is 2.03. The molecule has 0 fully saturated rings. The summed E-state index contributed by atoms with van der Waals surface area (Å²) in [5.41, 5.74) is 14.3. The molecule has 0 atom stereocenters. The Morgan fingerprint density at radius 2 is 0.523 bits per heavy atom. The topological polar surface area (TPSA) is 0 Å². The molecule has 0 nitrogen and oxygen atoms in total. The van der Waals surface area contributed by atoms with Crippen molar-refractivity contribution in [3.8, 4) is 44.5 Å². The second-order valence-corrected chi connectivity index (χ2v) is 10.5. The molecule has 0 heteroatoms. The van der Waals surface area contributed by atoms with E-state index in [1.54, 1.807) is 0 Å². The Balaban J connectivity index is 0.000000175. The summed E-state index contributed by atoms with van der Waals surface area (Å²) in [6.45, 7) is 15.2. The van der Waals surface area contributed by atoms with E-state index in [-0.39, 0.29) is 0 Å². The lowest BCUT2D eigenvalue weighted by Gasteiger charge is -2.07. The standard InChI is InChI=1S/2C22H18/c1-3-17-8-12-19(13-9-17)21-6-5-7-22(16-21)20-14-10-18(4-2)11-15-20;1-3-17-8-10-19(11-9-17)20-12-14-21(15-13-20)22-7-5-6-18(4-2)16-22/h2*3-16H,1-2H2. The van der Waals surface area contributed by atoms with Crippen LogP contribution in [0.15, 0.2) is 172 Å². The van der Waals surface area contributed by atoms with Crippen LogP contribution < -0.4 is 0 Å². The number of rotatable bonds is 8. The molecule has 6 rings (SSSR count). The van der Waals surface area contributed by atoms with Gasteiger partial charge in [0.1, 0.15) is 0 Å². The lowest BCUT2D eigenvalue weighted by atomic mass is 9.98. The molecule has 0 spiro atoms. The molecule has 0 aliphatic heterocycles. The summed E-state index contributed by atoms with van der Waals surface area (Å²) < 4.78 is 0. The Morgan fingerprint density at radius 1 is 0.250 bits per heavy atom. The van der Waals surface area contributed by atoms with Gasteiger partial charge in [-0.2, -0.15) is 0 Å². The van der Waals surface area contributed by atoms with E-state index >= 15 is 0 Å². The van der Waals surface area contributed by atoms with Crippen LogP contribution in [0.25, 0.3) is 68.8 Å². The maximum Gasteiger partial charge on any atom is -0.0178 e. The summed E-state index contributed by atoms with van der Waals surface area (Å²) in [6.07, 6.45) is 7.46. The molecule has 0 radical (unpaired) electrons. The van der Waals surface area contributed by atoms with Crippen LogP contribution in [0.4, 0.5) is 0 Å². The minimum Gasteiger partial charge on any atom is -0.0985 e. The highest BCUT2D eigenvalue weighted by molar-refractivity contribution is 5.75. The van der Waals surface area contributed by atoms with Gasteiger partial charge in [0.05, 0.1) is 0 Å². The van der Waals surface area contributed by atoms with E-state index in [1.807, 2.05) is 24.3 Å². The Bertz CT molecular complexity index is 1800. The Morgan fingerprint density at radius 3 is 0.864 bits per heavy atom. The minimum absolute atomic E-state index is 1.14. The number of benzene rings is 6. The molecule has 0 saturated carbocycles. The molecule has 212 valence electrons. The fourth-order valence-corrected chi connectivity index (χ4v) is 5.01. The molecule has 44 heavy (non-hydrogen) atoms. The molecule has 0 N–H and O–H groups in total. The third-order valence-corrected chi connectivity index (χ3v) is 7.64. The van der Waals surface area contributed by atoms with Crippen LogP contribution >= 0.6 is 0 Å². The van der Waals surface area contributed by atoms with Gasteiger partial charge in [-0.05, 0) is 78.9 Å². The Hall–Kier alpha value is -5.72. The van der Waals surface area contributed by atoms with Crippen LogP contribution in [-0.2, 0) is 0 Å². The van der Waals surface area contributed by atoms with Crippen molar-refractivity contribution < 1.29 is 0 Å². The summed E-state index contributed by atoms with van der Waals surface area (Å²) in [6, 6.07) is 51.0. The molecular formula is C44H36. The van der Waals surface area contributed by atoms with Gasteiger partial charge in [0.2, 0.25) is 0 Å². The van der Waals surface area contributed by atoms with E-state index in [2.05, 4.69) is 172 Å². The molecule has 0 bridgehead atoms. The maximum absolute atomic E-state index is 3.83. The van der Waals surface area contributed by atoms with Gasteiger partial charge in [0.25, 0.3) is 0 Å². The Kier molecular flexibility index (Phi) is 9.77. The van der Waals surface area contributed by atoms with E-state index in [4.69, 9.17) is 0 Å². The third kappa shape index (κ3) is 7.37. The molecule has 6 aromatic rings. The third-order valence-electron chi connectivity index (χ3n) is 7.64. The predicted octanol–water partition coefficient (Wildman–Crippen LogP) is 12.6. The molecule has 0 aromatic heterocycles. The van der Waals surface area contributed by atoms with Gasteiger partial charge in [-0.15, -0.1) is 0 Å². The van der Waals surface area contributed by atoms with Gasteiger partial charge in [-0.25, -0.2) is 0 Å². The largest absolute Gasteiger partial charge is 0.0985 e. The fraction of sp³-hybridized carbons (Fsp3) is 0. The van der Waals surface area contributed by atoms with E-state index in [9.17, 15) is 0 Å². The van der Waals surface area contributed by atoms with Crippen molar-refractivity contribution in [3.63, 3.8) is 0 Å². The van der Waals surface area contributed by atoms with E-state index in [0.29, 0.717) is 0 Å². The van der Waals surface area contributed by atoms with Crippen molar-refractivity contribution in [1.29, 1.82) is 0 Å². The van der Waals surface area contributed by atoms with Gasteiger partial charge < -0.3 is 0 Å². The lowest BCUT2D eigenvalue weighted by molar-refractivity contribution is 1.57. The first-order chi connectivity index (χ1) is 21.6. The zero-order valence-corrected chi connectivity index (χ0v) is 25.0. The summed E-state index contributed by atoms with van der Waals surface area (Å²) >= 11 is 0. The number of hydrogen-bond donors (Lipinski definition) is 0. The van der Waals surface area contributed by atoms with Crippen molar-refractivity contribution in [2.75, 3.05) is 0 Å². The monoisotopic (exact) mass is 564 g/mol.